The van der Waals surface area contributed by atoms with E-state index in [0.717, 1.165) is 0 Å². The van der Waals surface area contributed by atoms with Crippen LogP contribution >= 0.6 is 11.6 Å². The quantitative estimate of drug-likeness (QED) is 0.737. The summed E-state index contributed by atoms with van der Waals surface area (Å²) in [7, 11) is 0. The Balaban J connectivity index is 1.76. The molecule has 3 heterocycles. The van der Waals surface area contributed by atoms with Gasteiger partial charge in [0, 0.05) is 23.2 Å². The third kappa shape index (κ3) is 2.24. The maximum atomic E-state index is 14.9. The molecule has 3 atom stereocenters. The van der Waals surface area contributed by atoms with Crippen LogP contribution in [-0.4, -0.2) is 35.9 Å². The molecule has 2 aromatic heterocycles. The summed E-state index contributed by atoms with van der Waals surface area (Å²) in [4.78, 5) is 24.2. The number of rotatable bonds is 3. The first-order valence-corrected chi connectivity index (χ1v) is 8.56. The first-order valence-electron chi connectivity index (χ1n) is 8.18. The first-order chi connectivity index (χ1) is 13.0. The monoisotopic (exact) mass is 387 g/mol. The standard InChI is InChI=1S/C17H11ClFN5O3/c18-10-1-2-11(23-6-20-21-22-23)14(15(10)19)7-3-12-8-5-9(8)16(17(26)27)24(12)13(25)4-7/h1-4,6,8-9,16H,5H2,(H,26,27)/t8-,9+,16+/m1/s1. The lowest BCUT2D eigenvalue weighted by Gasteiger charge is -2.16. The van der Waals surface area contributed by atoms with E-state index in [1.807, 2.05) is 0 Å². The minimum atomic E-state index is -1.03. The number of benzene rings is 1. The second-order valence-corrected chi connectivity index (χ2v) is 7.08. The third-order valence-electron chi connectivity index (χ3n) is 5.21. The molecule has 0 saturated heterocycles. The van der Waals surface area contributed by atoms with E-state index in [-0.39, 0.29) is 22.4 Å². The van der Waals surface area contributed by atoms with Gasteiger partial charge in [-0.05, 0) is 46.5 Å². The van der Waals surface area contributed by atoms with Gasteiger partial charge in [-0.3, -0.25) is 9.36 Å². The van der Waals surface area contributed by atoms with E-state index < -0.39 is 23.4 Å². The van der Waals surface area contributed by atoms with Crippen LogP contribution in [0, 0.1) is 11.7 Å². The van der Waals surface area contributed by atoms with Crippen molar-refractivity contribution in [2.24, 2.45) is 5.92 Å². The fourth-order valence-corrected chi connectivity index (χ4v) is 4.15. The van der Waals surface area contributed by atoms with Crippen molar-refractivity contribution in [1.29, 1.82) is 0 Å². The molecule has 1 aromatic carbocycles. The molecule has 8 nitrogen and oxygen atoms in total. The summed E-state index contributed by atoms with van der Waals surface area (Å²) in [5.74, 6) is -1.82. The lowest BCUT2D eigenvalue weighted by molar-refractivity contribution is -0.141. The van der Waals surface area contributed by atoms with Gasteiger partial charge in [-0.15, -0.1) is 5.10 Å². The van der Waals surface area contributed by atoms with Gasteiger partial charge in [0.05, 0.1) is 10.7 Å². The number of hydrogen-bond donors (Lipinski definition) is 1. The Morgan fingerprint density at radius 3 is 2.85 bits per heavy atom. The fourth-order valence-electron chi connectivity index (χ4n) is 3.99. The highest BCUT2D eigenvalue weighted by Gasteiger charge is 2.55. The number of carboxylic acids is 1. The highest BCUT2D eigenvalue weighted by atomic mass is 35.5. The molecule has 0 radical (unpaired) electrons. The summed E-state index contributed by atoms with van der Waals surface area (Å²) in [6.07, 6.45) is 2.02. The number of carbonyl (C=O) groups is 1. The predicted octanol–water partition coefficient (Wildman–Crippen LogP) is 2.03. The van der Waals surface area contributed by atoms with Gasteiger partial charge in [0.2, 0.25) is 0 Å². The van der Waals surface area contributed by atoms with Crippen molar-refractivity contribution < 1.29 is 14.3 Å². The maximum absolute atomic E-state index is 14.9. The number of aromatic nitrogens is 5. The van der Waals surface area contributed by atoms with E-state index in [4.69, 9.17) is 11.6 Å². The van der Waals surface area contributed by atoms with E-state index >= 15 is 0 Å². The SMILES string of the molecule is O=C(O)[C@@H]1[C@H]2C[C@H]2c2cc(-c3c(-n4cnnn4)ccc(Cl)c3F)cc(=O)n21. The third-order valence-corrected chi connectivity index (χ3v) is 5.50. The van der Waals surface area contributed by atoms with Gasteiger partial charge in [-0.25, -0.2) is 9.18 Å². The number of tetrazole rings is 1. The van der Waals surface area contributed by atoms with Crippen LogP contribution in [0.3, 0.4) is 0 Å². The summed E-state index contributed by atoms with van der Waals surface area (Å²) < 4.78 is 17.5. The summed E-state index contributed by atoms with van der Waals surface area (Å²) in [6.45, 7) is 0. The fraction of sp³-hybridized carbons (Fsp3) is 0.235. The molecule has 1 fully saturated rings. The summed E-state index contributed by atoms with van der Waals surface area (Å²) in [6, 6.07) is 4.97. The van der Waals surface area contributed by atoms with Crippen molar-refractivity contribution in [1.82, 2.24) is 24.8 Å². The van der Waals surface area contributed by atoms with Crippen LogP contribution in [0.4, 0.5) is 4.39 Å². The molecule has 0 unspecified atom stereocenters. The van der Waals surface area contributed by atoms with Crippen molar-refractivity contribution in [2.75, 3.05) is 0 Å². The molecule has 27 heavy (non-hydrogen) atoms. The molecule has 1 aliphatic heterocycles. The van der Waals surface area contributed by atoms with Gasteiger partial charge in [0.25, 0.3) is 5.56 Å². The van der Waals surface area contributed by atoms with E-state index in [9.17, 15) is 19.1 Å². The Kier molecular flexibility index (Phi) is 3.26. The van der Waals surface area contributed by atoms with Crippen molar-refractivity contribution >= 4 is 17.6 Å². The van der Waals surface area contributed by atoms with Gasteiger partial charge in [0.1, 0.15) is 12.4 Å². The van der Waals surface area contributed by atoms with Crippen LogP contribution in [-0.2, 0) is 4.79 Å². The highest BCUT2D eigenvalue weighted by molar-refractivity contribution is 6.31. The van der Waals surface area contributed by atoms with Crippen LogP contribution in [0.25, 0.3) is 16.8 Å². The van der Waals surface area contributed by atoms with E-state index in [1.54, 1.807) is 12.1 Å². The van der Waals surface area contributed by atoms with Crippen molar-refractivity contribution in [3.63, 3.8) is 0 Å². The van der Waals surface area contributed by atoms with Crippen LogP contribution in [0.1, 0.15) is 24.1 Å². The minimum absolute atomic E-state index is 0.00233. The van der Waals surface area contributed by atoms with Gasteiger partial charge >= 0.3 is 5.97 Å². The highest BCUT2D eigenvalue weighted by Crippen LogP contribution is 2.59. The number of hydrogen-bond acceptors (Lipinski definition) is 5. The molecule has 3 aromatic rings. The Labute approximate surface area is 155 Å². The van der Waals surface area contributed by atoms with Crippen LogP contribution in [0.2, 0.25) is 5.02 Å². The molecule has 0 spiro atoms. The van der Waals surface area contributed by atoms with Gasteiger partial charge in [-0.2, -0.15) is 4.68 Å². The van der Waals surface area contributed by atoms with Gasteiger partial charge < -0.3 is 5.11 Å². The zero-order chi connectivity index (χ0) is 18.9. The lowest BCUT2D eigenvalue weighted by Crippen LogP contribution is -2.29. The molecule has 1 N–H and O–H groups in total. The van der Waals surface area contributed by atoms with Crippen LogP contribution < -0.4 is 5.56 Å². The number of pyridine rings is 1. The second-order valence-electron chi connectivity index (χ2n) is 6.68. The Morgan fingerprint density at radius 2 is 2.15 bits per heavy atom. The van der Waals surface area contributed by atoms with Crippen molar-refractivity contribution in [3.8, 4) is 16.8 Å². The average molecular weight is 388 g/mol. The molecule has 1 aliphatic carbocycles. The van der Waals surface area contributed by atoms with Crippen molar-refractivity contribution in [3.05, 3.63) is 57.5 Å². The lowest BCUT2D eigenvalue weighted by atomic mass is 10.0. The summed E-state index contributed by atoms with van der Waals surface area (Å²) in [5, 5.41) is 20.2. The number of carboxylic acid groups (broad SMARTS) is 1. The zero-order valence-corrected chi connectivity index (χ0v) is 14.3. The molecular formula is C17H11ClFN5O3. The smallest absolute Gasteiger partial charge is 0.327 e. The molecule has 5 rings (SSSR count). The molecule has 1 saturated carbocycles. The Morgan fingerprint density at radius 1 is 1.33 bits per heavy atom. The largest absolute Gasteiger partial charge is 0.480 e. The topological polar surface area (TPSA) is 103 Å². The molecule has 136 valence electrons. The molecule has 2 aliphatic rings. The normalized spacial score (nSPS) is 22.4. The second kappa shape index (κ2) is 5.46. The molecule has 10 heteroatoms. The predicted molar refractivity (Wildman–Crippen MR) is 91.3 cm³/mol. The summed E-state index contributed by atoms with van der Waals surface area (Å²) in [5.41, 5.74) is 0.854. The van der Waals surface area contributed by atoms with E-state index in [2.05, 4.69) is 15.5 Å². The maximum Gasteiger partial charge on any atom is 0.327 e. The first kappa shape index (κ1) is 16.1. The van der Waals surface area contributed by atoms with Crippen LogP contribution in [0.15, 0.2) is 35.4 Å². The number of nitrogens with zero attached hydrogens (tertiary/aromatic N) is 5. The van der Waals surface area contributed by atoms with E-state index in [0.29, 0.717) is 23.4 Å². The molecular weight excluding hydrogens is 377 g/mol. The van der Waals surface area contributed by atoms with Crippen LogP contribution in [0.5, 0.6) is 0 Å². The minimum Gasteiger partial charge on any atom is -0.480 e. The van der Waals surface area contributed by atoms with E-state index in [1.165, 1.54) is 27.7 Å². The van der Waals surface area contributed by atoms with Crippen molar-refractivity contribution in [2.45, 2.75) is 18.4 Å². The Hall–Kier alpha value is -3.07. The zero-order valence-electron chi connectivity index (χ0n) is 13.6. The molecule has 0 bridgehead atoms. The number of aliphatic carboxylic acids is 1. The average Bonchev–Trinajstić information content (AvgIpc) is 3.08. The number of halogens is 2. The summed E-state index contributed by atoms with van der Waals surface area (Å²) >= 11 is 5.96. The Bertz CT molecular complexity index is 1160. The van der Waals surface area contributed by atoms with Gasteiger partial charge in [0.15, 0.2) is 5.82 Å². The number of fused-ring (bicyclic) bond motifs is 3. The molecule has 0 amide bonds. The van der Waals surface area contributed by atoms with Gasteiger partial charge in [-0.1, -0.05) is 11.6 Å².